The third-order valence-electron chi connectivity index (χ3n) is 6.40. The summed E-state index contributed by atoms with van der Waals surface area (Å²) in [7, 11) is 0. The van der Waals surface area contributed by atoms with Gasteiger partial charge in [0.1, 0.15) is 11.2 Å². The predicted molar refractivity (Wildman–Crippen MR) is 157 cm³/mol. The molecule has 41 heavy (non-hydrogen) atoms. The van der Waals surface area contributed by atoms with Crippen molar-refractivity contribution in [2.45, 2.75) is 52.3 Å². The van der Waals surface area contributed by atoms with Gasteiger partial charge in [-0.3, -0.25) is 14.3 Å². The van der Waals surface area contributed by atoms with E-state index in [1.807, 2.05) is 13.0 Å². The summed E-state index contributed by atoms with van der Waals surface area (Å²) in [6, 6.07) is 7.26. The van der Waals surface area contributed by atoms with Gasteiger partial charge in [0.2, 0.25) is 5.95 Å². The van der Waals surface area contributed by atoms with Gasteiger partial charge in [-0.2, -0.15) is 4.98 Å². The summed E-state index contributed by atoms with van der Waals surface area (Å²) in [6.07, 6.45) is 5.29. The maximum absolute atomic E-state index is 13.9. The molecule has 1 aromatic carbocycles. The molecule has 12 heteroatoms. The average molecular weight is 578 g/mol. The van der Waals surface area contributed by atoms with Gasteiger partial charge in [-0.1, -0.05) is 23.7 Å². The molecule has 1 aliphatic heterocycles. The van der Waals surface area contributed by atoms with Crippen LogP contribution in [-0.2, 0) is 16.0 Å². The molecule has 1 aliphatic rings. The van der Waals surface area contributed by atoms with Gasteiger partial charge in [-0.05, 0) is 46.2 Å². The fraction of sp³-hybridized carbons (Fsp3) is 0.379. The first-order chi connectivity index (χ1) is 19.6. The zero-order valence-electron chi connectivity index (χ0n) is 23.4. The number of ether oxygens (including phenoxy) is 2. The standard InChI is InChI=1S/C29H32ClN7O4/c1-17-13-31-15-24(34-17)18-5-6-21(23(30)12-18)22-11-19-14-33-27(35-20-7-10-40-16-20)36-25(19)37(26(22)38)9-8-32-28(39)41-29(2,3)4/h5-6,11-15,20H,7-10,16H2,1-4H3,(H,32,39)(H,33,35,36)/t20-/m1/s1. The van der Waals surface area contributed by atoms with Crippen LogP contribution in [0.25, 0.3) is 33.4 Å². The zero-order valence-corrected chi connectivity index (χ0v) is 24.2. The number of hydrogen-bond acceptors (Lipinski definition) is 9. The molecule has 2 N–H and O–H groups in total. The number of pyridine rings is 1. The number of nitrogens with zero attached hydrogens (tertiary/aromatic N) is 5. The molecule has 0 spiro atoms. The lowest BCUT2D eigenvalue weighted by Gasteiger charge is -2.20. The smallest absolute Gasteiger partial charge is 0.407 e. The molecule has 4 aromatic rings. The number of benzene rings is 1. The lowest BCUT2D eigenvalue weighted by Crippen LogP contribution is -2.36. The molecular formula is C29H32ClN7O4. The number of nitrogens with one attached hydrogen (secondary N) is 2. The van der Waals surface area contributed by atoms with Crippen LogP contribution in [0.5, 0.6) is 0 Å². The number of amides is 1. The summed E-state index contributed by atoms with van der Waals surface area (Å²) < 4.78 is 12.3. The first-order valence-electron chi connectivity index (χ1n) is 13.4. The number of carbonyl (C=O) groups excluding carboxylic acids is 1. The van der Waals surface area contributed by atoms with Crippen molar-refractivity contribution >= 4 is 34.7 Å². The largest absolute Gasteiger partial charge is 0.444 e. The molecule has 0 bridgehead atoms. The van der Waals surface area contributed by atoms with Crippen molar-refractivity contribution in [3.8, 4) is 22.4 Å². The van der Waals surface area contributed by atoms with Crippen LogP contribution in [-0.4, -0.2) is 62.0 Å². The molecular weight excluding hydrogens is 546 g/mol. The van der Waals surface area contributed by atoms with E-state index < -0.39 is 11.7 Å². The van der Waals surface area contributed by atoms with E-state index in [0.717, 1.165) is 17.7 Å². The summed E-state index contributed by atoms with van der Waals surface area (Å²) in [5.74, 6) is 0.399. The molecule has 4 heterocycles. The Kier molecular flexibility index (Phi) is 8.18. The molecule has 214 valence electrons. The highest BCUT2D eigenvalue weighted by Gasteiger charge is 2.20. The van der Waals surface area contributed by atoms with E-state index in [9.17, 15) is 9.59 Å². The number of halogens is 1. The van der Waals surface area contributed by atoms with E-state index in [1.165, 1.54) is 4.57 Å². The lowest BCUT2D eigenvalue weighted by atomic mass is 10.0. The van der Waals surface area contributed by atoms with Crippen LogP contribution in [0.3, 0.4) is 0 Å². The maximum atomic E-state index is 13.9. The zero-order chi connectivity index (χ0) is 29.1. The summed E-state index contributed by atoms with van der Waals surface area (Å²) in [4.78, 5) is 44.1. The van der Waals surface area contributed by atoms with Gasteiger partial charge in [0.05, 0.1) is 30.2 Å². The van der Waals surface area contributed by atoms with Crippen molar-refractivity contribution in [2.75, 3.05) is 25.1 Å². The number of rotatable bonds is 7. The molecule has 0 unspecified atom stereocenters. The second kappa shape index (κ2) is 11.8. The lowest BCUT2D eigenvalue weighted by molar-refractivity contribution is 0.0526. The number of aromatic nitrogens is 5. The monoisotopic (exact) mass is 577 g/mol. The van der Waals surface area contributed by atoms with Gasteiger partial charge in [0, 0.05) is 59.2 Å². The first-order valence-corrected chi connectivity index (χ1v) is 13.8. The van der Waals surface area contributed by atoms with Gasteiger partial charge < -0.3 is 20.1 Å². The fourth-order valence-corrected chi connectivity index (χ4v) is 4.82. The minimum atomic E-state index is -0.641. The second-order valence-electron chi connectivity index (χ2n) is 10.9. The Bertz CT molecular complexity index is 1650. The first kappa shape index (κ1) is 28.4. The van der Waals surface area contributed by atoms with Crippen LogP contribution in [0.15, 0.2) is 47.7 Å². The number of aryl methyl sites for hydroxylation is 1. The Labute approximate surface area is 242 Å². The number of anilines is 1. The van der Waals surface area contributed by atoms with Crippen molar-refractivity contribution in [1.29, 1.82) is 0 Å². The molecule has 1 atom stereocenters. The molecule has 3 aromatic heterocycles. The minimum absolute atomic E-state index is 0.0937. The molecule has 5 rings (SSSR count). The normalized spacial score (nSPS) is 15.2. The van der Waals surface area contributed by atoms with Crippen LogP contribution in [0.1, 0.15) is 32.9 Å². The summed E-state index contributed by atoms with van der Waals surface area (Å²) in [5.41, 5.74) is 2.69. The highest BCUT2D eigenvalue weighted by atomic mass is 35.5. The van der Waals surface area contributed by atoms with Gasteiger partial charge in [0.25, 0.3) is 5.56 Å². The minimum Gasteiger partial charge on any atom is -0.444 e. The Hall–Kier alpha value is -4.09. The van der Waals surface area contributed by atoms with Crippen molar-refractivity contribution in [2.24, 2.45) is 0 Å². The van der Waals surface area contributed by atoms with Crippen LogP contribution in [0, 0.1) is 6.92 Å². The van der Waals surface area contributed by atoms with E-state index in [0.29, 0.717) is 52.0 Å². The molecule has 1 saturated heterocycles. The Morgan fingerprint density at radius 3 is 2.71 bits per heavy atom. The van der Waals surface area contributed by atoms with Gasteiger partial charge >= 0.3 is 6.09 Å². The van der Waals surface area contributed by atoms with Crippen LogP contribution in [0.2, 0.25) is 5.02 Å². The van der Waals surface area contributed by atoms with Crippen molar-refractivity contribution in [3.05, 3.63) is 63.9 Å². The topological polar surface area (TPSA) is 133 Å². The highest BCUT2D eigenvalue weighted by Crippen LogP contribution is 2.31. The fourth-order valence-electron chi connectivity index (χ4n) is 4.54. The van der Waals surface area contributed by atoms with Crippen LogP contribution < -0.4 is 16.2 Å². The predicted octanol–water partition coefficient (Wildman–Crippen LogP) is 4.60. The van der Waals surface area contributed by atoms with Gasteiger partial charge in [0.15, 0.2) is 0 Å². The average Bonchev–Trinajstić information content (AvgIpc) is 3.42. The van der Waals surface area contributed by atoms with Crippen LogP contribution >= 0.6 is 11.6 Å². The number of fused-ring (bicyclic) bond motifs is 1. The van der Waals surface area contributed by atoms with Crippen molar-refractivity contribution in [1.82, 2.24) is 29.8 Å². The SMILES string of the molecule is Cc1cncc(-c2ccc(-c3cc4cnc(N[C@@H]5CCOC5)nc4n(CCNC(=O)OC(C)(C)C)c3=O)c(Cl)c2)n1. The Morgan fingerprint density at radius 2 is 2.00 bits per heavy atom. The molecule has 0 aliphatic carbocycles. The van der Waals surface area contributed by atoms with E-state index >= 15 is 0 Å². The summed E-state index contributed by atoms with van der Waals surface area (Å²) in [6.45, 7) is 8.77. The van der Waals surface area contributed by atoms with Crippen molar-refractivity contribution in [3.63, 3.8) is 0 Å². The van der Waals surface area contributed by atoms with E-state index in [4.69, 9.17) is 21.1 Å². The number of alkyl carbamates (subject to hydrolysis) is 1. The third kappa shape index (κ3) is 6.80. The van der Waals surface area contributed by atoms with E-state index in [1.54, 1.807) is 57.6 Å². The highest BCUT2D eigenvalue weighted by molar-refractivity contribution is 6.33. The van der Waals surface area contributed by atoms with Gasteiger partial charge in [-0.25, -0.2) is 14.8 Å². The second-order valence-corrected chi connectivity index (χ2v) is 11.3. The maximum Gasteiger partial charge on any atom is 0.407 e. The van der Waals surface area contributed by atoms with Crippen LogP contribution in [0.4, 0.5) is 10.7 Å². The Balaban J connectivity index is 1.52. The molecule has 0 saturated carbocycles. The molecule has 1 fully saturated rings. The summed E-state index contributed by atoms with van der Waals surface area (Å²) >= 11 is 6.73. The van der Waals surface area contributed by atoms with E-state index in [-0.39, 0.29) is 24.7 Å². The van der Waals surface area contributed by atoms with Gasteiger partial charge in [-0.15, -0.1) is 0 Å². The van der Waals surface area contributed by atoms with E-state index in [2.05, 4.69) is 30.6 Å². The summed E-state index contributed by atoms with van der Waals surface area (Å²) in [5, 5.41) is 7.03. The number of hydrogen-bond donors (Lipinski definition) is 2. The Morgan fingerprint density at radius 1 is 1.17 bits per heavy atom. The molecule has 0 radical (unpaired) electrons. The molecule has 1 amide bonds. The number of carbonyl (C=O) groups is 1. The molecule has 11 nitrogen and oxygen atoms in total. The third-order valence-corrected chi connectivity index (χ3v) is 6.72. The van der Waals surface area contributed by atoms with Crippen molar-refractivity contribution < 1.29 is 14.3 Å². The quantitative estimate of drug-likeness (QED) is 0.323.